The molecular weight excluding hydrogens is 426 g/mol. The number of aromatic nitrogens is 2. The van der Waals surface area contributed by atoms with Gasteiger partial charge in [0.15, 0.2) is 5.56 Å². The van der Waals surface area contributed by atoms with E-state index < -0.39 is 17.3 Å². The first-order valence-corrected chi connectivity index (χ1v) is 12.3. The molecule has 6 nitrogen and oxygen atoms in total. The number of unbranched alkanes of at least 4 members (excludes halogenated alkanes) is 1. The largest absolute Gasteiger partial charge is 0.493 e. The second-order valence-electron chi connectivity index (χ2n) is 9.41. The number of amides is 1. The Labute approximate surface area is 199 Å². The summed E-state index contributed by atoms with van der Waals surface area (Å²) in [7, 11) is 0. The van der Waals surface area contributed by atoms with Crippen LogP contribution in [0.1, 0.15) is 77.4 Å². The first-order chi connectivity index (χ1) is 16.6. The molecule has 1 saturated heterocycles. The highest BCUT2D eigenvalue weighted by Crippen LogP contribution is 2.35. The van der Waals surface area contributed by atoms with Crippen LogP contribution in [0.5, 0.6) is 5.88 Å². The molecule has 1 unspecified atom stereocenters. The first kappa shape index (κ1) is 22.4. The molecule has 34 heavy (non-hydrogen) atoms. The Morgan fingerprint density at radius 2 is 1.85 bits per heavy atom. The highest BCUT2D eigenvalue weighted by Gasteiger charge is 2.34. The van der Waals surface area contributed by atoms with Crippen LogP contribution in [-0.4, -0.2) is 38.6 Å². The third-order valence-corrected chi connectivity index (χ3v) is 7.30. The lowest BCUT2D eigenvalue weighted by Gasteiger charge is -2.23. The summed E-state index contributed by atoms with van der Waals surface area (Å²) in [4.78, 5) is 33.5. The van der Waals surface area contributed by atoms with Gasteiger partial charge in [-0.15, -0.1) is 0 Å². The van der Waals surface area contributed by atoms with Crippen molar-refractivity contribution < 1.29 is 9.90 Å². The molecule has 2 atom stereocenters. The van der Waals surface area contributed by atoms with Crippen LogP contribution in [0.4, 0.5) is 0 Å². The standard InChI is InChI=1S/C28H31N3O3/c1-2-3-13-24-29-26(32)25(27(33)30-17-16-21(18-30)19-9-5-4-6-10-19)28(34)31(24)23-15-14-20-11-7-8-12-22(20)23/h4-12,21,23,32H,2-3,13-18H2,1H3/t21-,23?/m1/s1. The zero-order valence-corrected chi connectivity index (χ0v) is 19.6. The number of hydrogen-bond acceptors (Lipinski definition) is 4. The molecule has 6 heteroatoms. The molecule has 2 heterocycles. The average molecular weight is 458 g/mol. The maximum Gasteiger partial charge on any atom is 0.270 e. The van der Waals surface area contributed by atoms with E-state index in [2.05, 4.69) is 36.2 Å². The Balaban J connectivity index is 1.52. The zero-order chi connectivity index (χ0) is 23.7. The molecule has 2 aliphatic rings. The van der Waals surface area contributed by atoms with E-state index in [1.807, 2.05) is 30.3 Å². The number of rotatable bonds is 6. The second kappa shape index (κ2) is 9.45. The van der Waals surface area contributed by atoms with E-state index in [-0.39, 0.29) is 17.5 Å². The van der Waals surface area contributed by atoms with Crippen molar-refractivity contribution in [1.82, 2.24) is 14.5 Å². The van der Waals surface area contributed by atoms with Crippen LogP contribution in [0.15, 0.2) is 59.4 Å². The van der Waals surface area contributed by atoms with Crippen LogP contribution in [0.3, 0.4) is 0 Å². The zero-order valence-electron chi connectivity index (χ0n) is 19.6. The van der Waals surface area contributed by atoms with Gasteiger partial charge in [-0.2, -0.15) is 4.98 Å². The molecular formula is C28H31N3O3. The fourth-order valence-electron chi connectivity index (χ4n) is 5.49. The van der Waals surface area contributed by atoms with Crippen molar-refractivity contribution in [2.45, 2.75) is 57.4 Å². The van der Waals surface area contributed by atoms with Gasteiger partial charge in [0, 0.05) is 25.4 Å². The van der Waals surface area contributed by atoms with Gasteiger partial charge < -0.3 is 10.0 Å². The third-order valence-electron chi connectivity index (χ3n) is 7.30. The van der Waals surface area contributed by atoms with Gasteiger partial charge in [0.05, 0.1) is 6.04 Å². The maximum atomic E-state index is 13.8. The lowest BCUT2D eigenvalue weighted by atomic mass is 9.99. The minimum Gasteiger partial charge on any atom is -0.493 e. The topological polar surface area (TPSA) is 75.4 Å². The summed E-state index contributed by atoms with van der Waals surface area (Å²) in [5.41, 5.74) is 2.91. The monoisotopic (exact) mass is 457 g/mol. The third kappa shape index (κ3) is 4.02. The van der Waals surface area contributed by atoms with E-state index >= 15 is 0 Å². The molecule has 0 bridgehead atoms. The van der Waals surface area contributed by atoms with E-state index in [9.17, 15) is 14.7 Å². The van der Waals surface area contributed by atoms with Crippen LogP contribution in [-0.2, 0) is 12.8 Å². The molecule has 5 rings (SSSR count). The van der Waals surface area contributed by atoms with E-state index in [0.717, 1.165) is 37.7 Å². The summed E-state index contributed by atoms with van der Waals surface area (Å²) in [5, 5.41) is 10.8. The van der Waals surface area contributed by atoms with Crippen LogP contribution < -0.4 is 5.56 Å². The molecule has 0 saturated carbocycles. The molecule has 3 aromatic rings. The Kier molecular flexibility index (Phi) is 6.22. The van der Waals surface area contributed by atoms with Gasteiger partial charge in [-0.05, 0) is 42.4 Å². The summed E-state index contributed by atoms with van der Waals surface area (Å²) < 4.78 is 1.69. The Morgan fingerprint density at radius 1 is 1.09 bits per heavy atom. The minimum atomic E-state index is -0.438. The van der Waals surface area contributed by atoms with Gasteiger partial charge in [0.25, 0.3) is 11.5 Å². The van der Waals surface area contributed by atoms with Crippen molar-refractivity contribution in [3.63, 3.8) is 0 Å². The maximum absolute atomic E-state index is 13.8. The molecule has 0 spiro atoms. The lowest BCUT2D eigenvalue weighted by Crippen LogP contribution is -2.38. The minimum absolute atomic E-state index is 0.161. The van der Waals surface area contributed by atoms with Gasteiger partial charge in [-0.25, -0.2) is 0 Å². The highest BCUT2D eigenvalue weighted by molar-refractivity contribution is 5.96. The highest BCUT2D eigenvalue weighted by atomic mass is 16.3. The summed E-state index contributed by atoms with van der Waals surface area (Å²) in [6.45, 7) is 3.17. The number of carbonyl (C=O) groups excluding carboxylic acids is 1. The quantitative estimate of drug-likeness (QED) is 0.593. The number of likely N-dealkylation sites (tertiary alicyclic amines) is 1. The molecule has 1 N–H and O–H groups in total. The number of carbonyl (C=O) groups is 1. The van der Waals surface area contributed by atoms with Crippen LogP contribution in [0.25, 0.3) is 0 Å². The fraction of sp³-hybridized carbons (Fsp3) is 0.393. The molecule has 1 aliphatic carbocycles. The normalized spacial score (nSPS) is 19.4. The summed E-state index contributed by atoms with van der Waals surface area (Å²) >= 11 is 0. The van der Waals surface area contributed by atoms with Crippen molar-refractivity contribution in [2.24, 2.45) is 0 Å². The molecule has 1 aromatic heterocycles. The van der Waals surface area contributed by atoms with E-state index in [0.29, 0.717) is 25.3 Å². The number of benzene rings is 2. The molecule has 0 radical (unpaired) electrons. The van der Waals surface area contributed by atoms with Crippen LogP contribution in [0.2, 0.25) is 0 Å². The number of aromatic hydroxyl groups is 1. The van der Waals surface area contributed by atoms with Gasteiger partial charge >= 0.3 is 0 Å². The van der Waals surface area contributed by atoms with Gasteiger partial charge in [-0.3, -0.25) is 14.2 Å². The molecule has 176 valence electrons. The molecule has 1 aliphatic heterocycles. The predicted octanol–water partition coefficient (Wildman–Crippen LogP) is 4.46. The van der Waals surface area contributed by atoms with Gasteiger partial charge in [0.2, 0.25) is 5.88 Å². The number of fused-ring (bicyclic) bond motifs is 1. The second-order valence-corrected chi connectivity index (χ2v) is 9.41. The Hall–Kier alpha value is -3.41. The lowest BCUT2D eigenvalue weighted by molar-refractivity contribution is 0.0783. The van der Waals surface area contributed by atoms with Crippen LogP contribution >= 0.6 is 0 Å². The van der Waals surface area contributed by atoms with Crippen molar-refractivity contribution in [1.29, 1.82) is 0 Å². The predicted molar refractivity (Wildman–Crippen MR) is 131 cm³/mol. The van der Waals surface area contributed by atoms with Crippen molar-refractivity contribution in [3.8, 4) is 5.88 Å². The van der Waals surface area contributed by atoms with Gasteiger partial charge in [-0.1, -0.05) is 67.9 Å². The molecule has 2 aromatic carbocycles. The van der Waals surface area contributed by atoms with E-state index in [1.165, 1.54) is 11.1 Å². The fourth-order valence-corrected chi connectivity index (χ4v) is 5.49. The smallest absolute Gasteiger partial charge is 0.270 e. The Morgan fingerprint density at radius 3 is 2.65 bits per heavy atom. The summed E-state index contributed by atoms with van der Waals surface area (Å²) in [6.07, 6.45) is 4.91. The van der Waals surface area contributed by atoms with Crippen molar-refractivity contribution in [3.05, 3.63) is 93.0 Å². The summed E-state index contributed by atoms with van der Waals surface area (Å²) in [5.74, 6) is -0.0681. The van der Waals surface area contributed by atoms with Gasteiger partial charge in [0.1, 0.15) is 5.82 Å². The summed E-state index contributed by atoms with van der Waals surface area (Å²) in [6, 6.07) is 18.1. The van der Waals surface area contributed by atoms with E-state index in [4.69, 9.17) is 0 Å². The first-order valence-electron chi connectivity index (χ1n) is 12.3. The van der Waals surface area contributed by atoms with Crippen molar-refractivity contribution in [2.75, 3.05) is 13.1 Å². The number of hydrogen-bond donors (Lipinski definition) is 1. The van der Waals surface area contributed by atoms with Crippen LogP contribution in [0, 0.1) is 0 Å². The average Bonchev–Trinajstić information content (AvgIpc) is 3.51. The SMILES string of the molecule is CCCCc1nc(O)c(C(=O)N2CC[C@@H](c3ccccc3)C2)c(=O)n1C1CCc2ccccc21. The van der Waals surface area contributed by atoms with E-state index in [1.54, 1.807) is 9.47 Å². The number of nitrogens with zero attached hydrogens (tertiary/aromatic N) is 3. The number of aryl methyl sites for hydroxylation is 2. The Bertz CT molecular complexity index is 1250. The molecule has 1 fully saturated rings. The van der Waals surface area contributed by atoms with Crippen molar-refractivity contribution >= 4 is 5.91 Å². The molecule has 1 amide bonds.